The second kappa shape index (κ2) is 4.12. The number of para-hydroxylation sites is 1. The molecule has 1 aromatic rings. The van der Waals surface area contributed by atoms with Crippen LogP contribution in [0.25, 0.3) is 0 Å². The molecule has 0 bridgehead atoms. The third-order valence-electron chi connectivity index (χ3n) is 1.23. The highest BCUT2D eigenvalue weighted by molar-refractivity contribution is 6.31. The molecule has 62 valence electrons. The molecule has 0 unspecified atom stereocenters. The van der Waals surface area contributed by atoms with E-state index in [1.54, 1.807) is 12.1 Å². The minimum absolute atomic E-state index is 0.330. The largest absolute Gasteiger partial charge is 0.323 e. The fraction of sp³-hybridized carbons (Fsp3) is 0. The molecule has 0 saturated carbocycles. The van der Waals surface area contributed by atoms with E-state index in [2.05, 4.69) is 10.4 Å². The van der Waals surface area contributed by atoms with E-state index in [4.69, 9.17) is 5.84 Å². The molecule has 0 spiro atoms. The van der Waals surface area contributed by atoms with Crippen LogP contribution in [0.2, 0.25) is 0 Å². The minimum atomic E-state index is -0.330. The molecular weight excluding hydrogens is 154 g/mol. The number of nitrogens with two attached hydrogens (primary N) is 1. The lowest BCUT2D eigenvalue weighted by atomic mass is 10.3. The van der Waals surface area contributed by atoms with E-state index in [-0.39, 0.29) is 5.91 Å². The number of carbonyl (C=O) groups excluding carboxylic acids is 1. The zero-order chi connectivity index (χ0) is 8.81. The molecule has 0 saturated heterocycles. The van der Waals surface area contributed by atoms with Crippen molar-refractivity contribution in [2.24, 2.45) is 10.9 Å². The molecule has 0 radical (unpaired) electrons. The van der Waals surface area contributed by atoms with E-state index in [0.717, 1.165) is 11.9 Å². The Kier molecular flexibility index (Phi) is 2.84. The quantitative estimate of drug-likeness (QED) is 0.380. The van der Waals surface area contributed by atoms with Crippen molar-refractivity contribution in [1.82, 2.24) is 0 Å². The predicted molar refractivity (Wildman–Crippen MR) is 47.8 cm³/mol. The van der Waals surface area contributed by atoms with Crippen LogP contribution in [0.5, 0.6) is 0 Å². The van der Waals surface area contributed by atoms with Gasteiger partial charge in [0, 0.05) is 5.69 Å². The highest BCUT2D eigenvalue weighted by Gasteiger charge is 1.95. The van der Waals surface area contributed by atoms with Crippen LogP contribution in [0.15, 0.2) is 35.4 Å². The highest BCUT2D eigenvalue weighted by Crippen LogP contribution is 2.03. The third-order valence-corrected chi connectivity index (χ3v) is 1.23. The summed E-state index contributed by atoms with van der Waals surface area (Å²) in [7, 11) is 0. The number of amides is 1. The minimum Gasteiger partial charge on any atom is -0.323 e. The molecule has 4 heteroatoms. The van der Waals surface area contributed by atoms with Gasteiger partial charge in [-0.2, -0.15) is 5.10 Å². The van der Waals surface area contributed by atoms with Crippen LogP contribution >= 0.6 is 0 Å². The summed E-state index contributed by atoms with van der Waals surface area (Å²) >= 11 is 0. The Hall–Kier alpha value is -1.84. The van der Waals surface area contributed by atoms with Crippen molar-refractivity contribution in [2.75, 3.05) is 5.32 Å². The van der Waals surface area contributed by atoms with Crippen molar-refractivity contribution in [2.45, 2.75) is 0 Å². The van der Waals surface area contributed by atoms with Crippen molar-refractivity contribution < 1.29 is 4.79 Å². The standard InChI is InChI=1S/C8H9N3O/c9-10-6-8(12)11-7-4-2-1-3-5-7/h1-6H,9H2,(H,11,12). The fourth-order valence-electron chi connectivity index (χ4n) is 0.764. The summed E-state index contributed by atoms with van der Waals surface area (Å²) in [6, 6.07) is 9.08. The Morgan fingerprint density at radius 3 is 2.67 bits per heavy atom. The number of benzene rings is 1. The smallest absolute Gasteiger partial charge is 0.268 e. The first-order valence-corrected chi connectivity index (χ1v) is 3.42. The van der Waals surface area contributed by atoms with Crippen molar-refractivity contribution in [3.63, 3.8) is 0 Å². The Morgan fingerprint density at radius 2 is 2.08 bits per heavy atom. The van der Waals surface area contributed by atoms with Crippen LogP contribution in [0.4, 0.5) is 5.69 Å². The van der Waals surface area contributed by atoms with Gasteiger partial charge in [0.05, 0.1) is 0 Å². The van der Waals surface area contributed by atoms with E-state index in [0.29, 0.717) is 0 Å². The molecule has 0 aliphatic carbocycles. The maximum absolute atomic E-state index is 10.9. The average Bonchev–Trinajstić information content (AvgIpc) is 2.06. The van der Waals surface area contributed by atoms with Crippen LogP contribution in [0.3, 0.4) is 0 Å². The van der Waals surface area contributed by atoms with E-state index in [1.807, 2.05) is 18.2 Å². The molecule has 0 atom stereocenters. The monoisotopic (exact) mass is 163 g/mol. The van der Waals surface area contributed by atoms with E-state index in [1.165, 1.54) is 0 Å². The number of nitrogens with zero attached hydrogens (tertiary/aromatic N) is 1. The Labute approximate surface area is 70.1 Å². The number of carbonyl (C=O) groups is 1. The normalized spacial score (nSPS) is 10.0. The van der Waals surface area contributed by atoms with Crippen molar-refractivity contribution in [1.29, 1.82) is 0 Å². The summed E-state index contributed by atoms with van der Waals surface area (Å²) in [5.41, 5.74) is 0.724. The fourth-order valence-corrected chi connectivity index (χ4v) is 0.764. The molecule has 0 aliphatic heterocycles. The van der Waals surface area contributed by atoms with Crippen LogP contribution in [-0.2, 0) is 4.79 Å². The van der Waals surface area contributed by atoms with E-state index < -0.39 is 0 Å². The lowest BCUT2D eigenvalue weighted by Gasteiger charge is -1.98. The number of hydrogen-bond acceptors (Lipinski definition) is 3. The van der Waals surface area contributed by atoms with Gasteiger partial charge >= 0.3 is 0 Å². The lowest BCUT2D eigenvalue weighted by Crippen LogP contribution is -2.13. The number of anilines is 1. The molecule has 1 rings (SSSR count). The van der Waals surface area contributed by atoms with Crippen molar-refractivity contribution in [3.8, 4) is 0 Å². The Bertz CT molecular complexity index is 282. The van der Waals surface area contributed by atoms with Gasteiger partial charge in [0.25, 0.3) is 5.91 Å². The second-order valence-electron chi connectivity index (χ2n) is 2.13. The van der Waals surface area contributed by atoms with Crippen LogP contribution in [0.1, 0.15) is 0 Å². The molecule has 0 fully saturated rings. The maximum Gasteiger partial charge on any atom is 0.268 e. The lowest BCUT2D eigenvalue weighted by molar-refractivity contribution is -0.110. The molecule has 0 aromatic heterocycles. The second-order valence-corrected chi connectivity index (χ2v) is 2.13. The zero-order valence-electron chi connectivity index (χ0n) is 6.40. The molecule has 1 amide bonds. The van der Waals surface area contributed by atoms with Gasteiger partial charge in [-0.05, 0) is 12.1 Å². The van der Waals surface area contributed by atoms with Gasteiger partial charge < -0.3 is 11.2 Å². The first-order chi connectivity index (χ1) is 5.83. The van der Waals surface area contributed by atoms with Gasteiger partial charge in [-0.25, -0.2) is 0 Å². The first kappa shape index (κ1) is 8.26. The van der Waals surface area contributed by atoms with E-state index >= 15 is 0 Å². The van der Waals surface area contributed by atoms with Gasteiger partial charge in [-0.1, -0.05) is 18.2 Å². The number of nitrogens with one attached hydrogen (secondary N) is 1. The first-order valence-electron chi connectivity index (χ1n) is 3.42. The summed E-state index contributed by atoms with van der Waals surface area (Å²) in [6.07, 6.45) is 1.02. The Morgan fingerprint density at radius 1 is 1.42 bits per heavy atom. The Balaban J connectivity index is 2.59. The van der Waals surface area contributed by atoms with Crippen LogP contribution < -0.4 is 11.2 Å². The van der Waals surface area contributed by atoms with Crippen LogP contribution in [-0.4, -0.2) is 12.1 Å². The summed E-state index contributed by atoms with van der Waals surface area (Å²) in [4.78, 5) is 10.9. The summed E-state index contributed by atoms with van der Waals surface area (Å²) in [5, 5.41) is 5.67. The molecule has 12 heavy (non-hydrogen) atoms. The molecule has 0 aliphatic rings. The van der Waals surface area contributed by atoms with Crippen LogP contribution in [0, 0.1) is 0 Å². The molecule has 0 heterocycles. The van der Waals surface area contributed by atoms with Gasteiger partial charge in [0.15, 0.2) is 0 Å². The van der Waals surface area contributed by atoms with Gasteiger partial charge in [0.2, 0.25) is 0 Å². The topological polar surface area (TPSA) is 67.5 Å². The molecular formula is C8H9N3O. The van der Waals surface area contributed by atoms with Gasteiger partial charge in [-0.3, -0.25) is 4.79 Å². The summed E-state index contributed by atoms with van der Waals surface area (Å²) in [6.45, 7) is 0. The van der Waals surface area contributed by atoms with E-state index in [9.17, 15) is 4.79 Å². The van der Waals surface area contributed by atoms with Crippen molar-refractivity contribution >= 4 is 17.8 Å². The summed E-state index contributed by atoms with van der Waals surface area (Å²) in [5.74, 6) is 4.46. The predicted octanol–water partition coefficient (Wildman–Crippen LogP) is 0.570. The zero-order valence-corrected chi connectivity index (χ0v) is 6.40. The van der Waals surface area contributed by atoms with Gasteiger partial charge in [0.1, 0.15) is 6.21 Å². The maximum atomic E-state index is 10.9. The molecule has 1 aromatic carbocycles. The van der Waals surface area contributed by atoms with Crippen molar-refractivity contribution in [3.05, 3.63) is 30.3 Å². The highest BCUT2D eigenvalue weighted by atomic mass is 16.1. The number of rotatable bonds is 2. The molecule has 4 nitrogen and oxygen atoms in total. The summed E-state index contributed by atoms with van der Waals surface area (Å²) < 4.78 is 0. The number of hydrazone groups is 1. The number of hydrogen-bond donors (Lipinski definition) is 2. The average molecular weight is 163 g/mol. The SMILES string of the molecule is NN=CC(=O)Nc1ccccc1. The molecule has 3 N–H and O–H groups in total. The third kappa shape index (κ3) is 2.42. The van der Waals surface area contributed by atoms with Gasteiger partial charge in [-0.15, -0.1) is 0 Å².